The highest BCUT2D eigenvalue weighted by atomic mass is 19.4. The van der Waals surface area contributed by atoms with Crippen LogP contribution >= 0.6 is 0 Å². The van der Waals surface area contributed by atoms with Crippen LogP contribution in [0.1, 0.15) is 11.3 Å². The molecule has 23 heavy (non-hydrogen) atoms. The van der Waals surface area contributed by atoms with Gasteiger partial charge in [-0.05, 0) is 18.2 Å². The van der Waals surface area contributed by atoms with Gasteiger partial charge in [-0.25, -0.2) is 4.98 Å². The number of ether oxygens (including phenoxy) is 1. The highest BCUT2D eigenvalue weighted by molar-refractivity contribution is 5.67. The Bertz CT molecular complexity index is 696. The fourth-order valence-corrected chi connectivity index (χ4v) is 1.90. The van der Waals surface area contributed by atoms with Crippen molar-refractivity contribution < 1.29 is 36.2 Å². The molecule has 0 radical (unpaired) electrons. The predicted molar refractivity (Wildman–Crippen MR) is 67.3 cm³/mol. The summed E-state index contributed by atoms with van der Waals surface area (Å²) in [5.41, 5.74) is -2.44. The third kappa shape index (κ3) is 4.13. The molecule has 124 valence electrons. The average molecular weight is 337 g/mol. The molecule has 1 heterocycles. The highest BCUT2D eigenvalue weighted by Crippen LogP contribution is 2.36. The Kier molecular flexibility index (Phi) is 4.51. The van der Waals surface area contributed by atoms with Crippen molar-refractivity contribution >= 4 is 0 Å². The summed E-state index contributed by atoms with van der Waals surface area (Å²) < 4.78 is 79.7. The van der Waals surface area contributed by atoms with Gasteiger partial charge < -0.3 is 9.84 Å². The lowest BCUT2D eigenvalue weighted by Crippen LogP contribution is -2.18. The van der Waals surface area contributed by atoms with E-state index in [0.717, 1.165) is 24.3 Å². The molecule has 1 aromatic carbocycles. The van der Waals surface area contributed by atoms with E-state index < -0.39 is 36.2 Å². The highest BCUT2D eigenvalue weighted by Gasteiger charge is 2.36. The minimum Gasteiger partial charge on any atom is -0.405 e. The van der Waals surface area contributed by atoms with E-state index in [-0.39, 0.29) is 11.3 Å². The molecule has 2 aromatic rings. The maximum absolute atomic E-state index is 12.9. The largest absolute Gasteiger partial charge is 0.573 e. The standard InChI is InChI=1S/C14H9F6NO2/c15-13(16,17)12-8(7-22)5-6-10(21-12)9-3-1-2-4-11(9)23-14(18,19)20/h1-6,22H,7H2. The molecule has 1 aromatic heterocycles. The number of benzene rings is 1. The Morgan fingerprint density at radius 1 is 0.957 bits per heavy atom. The summed E-state index contributed by atoms with van der Waals surface area (Å²) in [5, 5.41) is 8.94. The monoisotopic (exact) mass is 337 g/mol. The van der Waals surface area contributed by atoms with Gasteiger partial charge in [-0.2, -0.15) is 13.2 Å². The van der Waals surface area contributed by atoms with E-state index in [2.05, 4.69) is 9.72 Å². The van der Waals surface area contributed by atoms with Crippen LogP contribution in [0.2, 0.25) is 0 Å². The van der Waals surface area contributed by atoms with E-state index in [1.807, 2.05) is 0 Å². The molecule has 0 amide bonds. The van der Waals surface area contributed by atoms with Crippen LogP contribution in [0.3, 0.4) is 0 Å². The zero-order valence-electron chi connectivity index (χ0n) is 11.2. The molecule has 0 fully saturated rings. The van der Waals surface area contributed by atoms with Gasteiger partial charge in [-0.15, -0.1) is 13.2 Å². The molecule has 3 nitrogen and oxygen atoms in total. The lowest BCUT2D eigenvalue weighted by Gasteiger charge is -2.15. The van der Waals surface area contributed by atoms with Crippen molar-refractivity contribution in [3.05, 3.63) is 47.7 Å². The molecule has 0 unspecified atom stereocenters. The van der Waals surface area contributed by atoms with Crippen LogP contribution in [0, 0.1) is 0 Å². The average Bonchev–Trinajstić information content (AvgIpc) is 2.44. The molecule has 0 saturated heterocycles. The fraction of sp³-hybridized carbons (Fsp3) is 0.214. The minimum absolute atomic E-state index is 0.250. The lowest BCUT2D eigenvalue weighted by molar-refractivity contribution is -0.274. The van der Waals surface area contributed by atoms with E-state index in [1.165, 1.54) is 12.1 Å². The maximum atomic E-state index is 12.9. The van der Waals surface area contributed by atoms with Crippen molar-refractivity contribution in [3.8, 4) is 17.0 Å². The topological polar surface area (TPSA) is 42.4 Å². The van der Waals surface area contributed by atoms with E-state index >= 15 is 0 Å². The Morgan fingerprint density at radius 3 is 2.17 bits per heavy atom. The molecule has 0 bridgehead atoms. The zero-order chi connectivity index (χ0) is 17.3. The summed E-state index contributed by atoms with van der Waals surface area (Å²) >= 11 is 0. The third-order valence-electron chi connectivity index (χ3n) is 2.81. The number of aliphatic hydroxyl groups excluding tert-OH is 1. The molecular weight excluding hydrogens is 328 g/mol. The number of aliphatic hydroxyl groups is 1. The second-order valence-corrected chi connectivity index (χ2v) is 4.40. The second-order valence-electron chi connectivity index (χ2n) is 4.40. The molecular formula is C14H9F6NO2. The summed E-state index contributed by atoms with van der Waals surface area (Å²) in [7, 11) is 0. The molecule has 0 aliphatic carbocycles. The number of alkyl halides is 6. The second kappa shape index (κ2) is 6.07. The smallest absolute Gasteiger partial charge is 0.405 e. The van der Waals surface area contributed by atoms with Crippen molar-refractivity contribution in [2.45, 2.75) is 19.1 Å². The lowest BCUT2D eigenvalue weighted by atomic mass is 10.1. The number of nitrogens with zero attached hydrogens (tertiary/aromatic N) is 1. The first-order valence-corrected chi connectivity index (χ1v) is 6.15. The number of hydrogen-bond acceptors (Lipinski definition) is 3. The van der Waals surface area contributed by atoms with Gasteiger partial charge in [0.15, 0.2) is 5.69 Å². The van der Waals surface area contributed by atoms with E-state index in [9.17, 15) is 26.3 Å². The minimum atomic E-state index is -4.99. The van der Waals surface area contributed by atoms with E-state index in [0.29, 0.717) is 0 Å². The Balaban J connectivity index is 2.55. The van der Waals surface area contributed by atoms with E-state index in [1.54, 1.807) is 0 Å². The molecule has 0 atom stereocenters. The SMILES string of the molecule is OCc1ccc(-c2ccccc2OC(F)(F)F)nc1C(F)(F)F. The van der Waals surface area contributed by atoms with Crippen LogP contribution in [0.5, 0.6) is 5.75 Å². The molecule has 1 N–H and O–H groups in total. The Hall–Kier alpha value is -2.29. The van der Waals surface area contributed by atoms with Gasteiger partial charge in [-0.3, -0.25) is 0 Å². The predicted octanol–water partition coefficient (Wildman–Crippen LogP) is 4.16. The first kappa shape index (κ1) is 17.1. The molecule has 0 saturated carbocycles. The van der Waals surface area contributed by atoms with Crippen LogP contribution in [-0.4, -0.2) is 16.5 Å². The first-order valence-electron chi connectivity index (χ1n) is 6.15. The van der Waals surface area contributed by atoms with Crippen LogP contribution in [0.25, 0.3) is 11.3 Å². The van der Waals surface area contributed by atoms with E-state index in [4.69, 9.17) is 5.11 Å². The number of halogens is 6. The molecule has 0 aliphatic rings. The van der Waals surface area contributed by atoms with Crippen LogP contribution in [-0.2, 0) is 12.8 Å². The van der Waals surface area contributed by atoms with Gasteiger partial charge in [0.05, 0.1) is 12.3 Å². The van der Waals surface area contributed by atoms with Gasteiger partial charge in [0, 0.05) is 11.1 Å². The summed E-state index contributed by atoms with van der Waals surface area (Å²) in [5.74, 6) is -0.669. The quantitative estimate of drug-likeness (QED) is 0.856. The van der Waals surface area contributed by atoms with Crippen molar-refractivity contribution in [2.24, 2.45) is 0 Å². The summed E-state index contributed by atoms with van der Waals surface area (Å²) in [6, 6.07) is 6.75. The van der Waals surface area contributed by atoms with Crippen LogP contribution in [0.4, 0.5) is 26.3 Å². The number of para-hydroxylation sites is 1. The Labute approximate surface area is 126 Å². The summed E-state index contributed by atoms with van der Waals surface area (Å²) in [6.07, 6.45) is -9.85. The fourth-order valence-electron chi connectivity index (χ4n) is 1.90. The molecule has 2 rings (SSSR count). The van der Waals surface area contributed by atoms with Gasteiger partial charge in [-0.1, -0.05) is 18.2 Å². The van der Waals surface area contributed by atoms with Gasteiger partial charge in [0.2, 0.25) is 0 Å². The van der Waals surface area contributed by atoms with Gasteiger partial charge >= 0.3 is 12.5 Å². The van der Waals surface area contributed by atoms with Crippen molar-refractivity contribution in [1.29, 1.82) is 0 Å². The van der Waals surface area contributed by atoms with Crippen molar-refractivity contribution in [1.82, 2.24) is 4.98 Å². The number of aromatic nitrogens is 1. The van der Waals surface area contributed by atoms with Crippen LogP contribution in [0.15, 0.2) is 36.4 Å². The number of rotatable bonds is 3. The van der Waals surface area contributed by atoms with Crippen LogP contribution < -0.4 is 4.74 Å². The van der Waals surface area contributed by atoms with Gasteiger partial charge in [0.1, 0.15) is 5.75 Å². The molecule has 9 heteroatoms. The summed E-state index contributed by atoms with van der Waals surface area (Å²) in [6.45, 7) is -0.900. The number of pyridine rings is 1. The summed E-state index contributed by atoms with van der Waals surface area (Å²) in [4.78, 5) is 3.34. The van der Waals surface area contributed by atoms with Crippen molar-refractivity contribution in [3.63, 3.8) is 0 Å². The van der Waals surface area contributed by atoms with Crippen molar-refractivity contribution in [2.75, 3.05) is 0 Å². The number of hydrogen-bond donors (Lipinski definition) is 1. The normalized spacial score (nSPS) is 12.3. The van der Waals surface area contributed by atoms with Gasteiger partial charge in [0.25, 0.3) is 0 Å². The zero-order valence-corrected chi connectivity index (χ0v) is 11.2. The maximum Gasteiger partial charge on any atom is 0.573 e. The molecule has 0 spiro atoms. The molecule has 0 aliphatic heterocycles. The Morgan fingerprint density at radius 2 is 1.61 bits per heavy atom. The third-order valence-corrected chi connectivity index (χ3v) is 2.81. The first-order chi connectivity index (χ1) is 10.6.